The van der Waals surface area contributed by atoms with E-state index in [2.05, 4.69) is 17.6 Å². The molecule has 0 spiro atoms. The Balaban J connectivity index is 2.35. The Bertz CT molecular complexity index is 352. The highest BCUT2D eigenvalue weighted by Crippen LogP contribution is 2.15. The van der Waals surface area contributed by atoms with Crippen LogP contribution < -0.4 is 16.4 Å². The molecule has 4 N–H and O–H groups in total. The second kappa shape index (κ2) is 7.54. The molecule has 4 nitrogen and oxygen atoms in total. The molecule has 0 saturated carbocycles. The number of unbranched alkanes of at least 4 members (excludes halogenated alkanes) is 3. The number of nitrogens with one attached hydrogen (secondary N) is 2. The second-order valence-electron chi connectivity index (χ2n) is 4.06. The minimum atomic E-state index is -0.537. The van der Waals surface area contributed by atoms with Crippen molar-refractivity contribution in [1.82, 2.24) is 0 Å². The van der Waals surface area contributed by atoms with Crippen LogP contribution in [0.2, 0.25) is 0 Å². The average molecular weight is 235 g/mol. The van der Waals surface area contributed by atoms with Gasteiger partial charge in [0.05, 0.1) is 0 Å². The van der Waals surface area contributed by atoms with Gasteiger partial charge in [-0.25, -0.2) is 4.79 Å². The lowest BCUT2D eigenvalue weighted by atomic mass is 10.2. The average Bonchev–Trinajstić information content (AvgIpc) is 2.28. The highest BCUT2D eigenvalue weighted by Gasteiger charge is 1.97. The molecule has 0 aliphatic heterocycles. The molecule has 0 fully saturated rings. The molecule has 2 amide bonds. The van der Waals surface area contributed by atoms with Crippen LogP contribution in [-0.2, 0) is 0 Å². The molecule has 17 heavy (non-hydrogen) atoms. The van der Waals surface area contributed by atoms with Gasteiger partial charge in [0.25, 0.3) is 0 Å². The summed E-state index contributed by atoms with van der Waals surface area (Å²) in [6, 6.07) is 7.02. The number of nitrogens with two attached hydrogens (primary N) is 1. The minimum absolute atomic E-state index is 0.537. The van der Waals surface area contributed by atoms with E-state index in [0.29, 0.717) is 0 Å². The number of urea groups is 1. The van der Waals surface area contributed by atoms with Crippen molar-refractivity contribution in [3.8, 4) is 0 Å². The number of hydrogen-bond donors (Lipinski definition) is 3. The number of carbonyl (C=O) groups is 1. The lowest BCUT2D eigenvalue weighted by molar-refractivity contribution is 0.259. The zero-order valence-corrected chi connectivity index (χ0v) is 10.3. The third kappa shape index (κ3) is 5.80. The first kappa shape index (κ1) is 13.4. The van der Waals surface area contributed by atoms with Gasteiger partial charge in [-0.2, -0.15) is 0 Å². The largest absolute Gasteiger partial charge is 0.385 e. The maximum atomic E-state index is 10.7. The lowest BCUT2D eigenvalue weighted by Crippen LogP contribution is -2.19. The van der Waals surface area contributed by atoms with Crippen LogP contribution in [0.1, 0.15) is 32.6 Å². The van der Waals surface area contributed by atoms with Crippen LogP contribution in [0.4, 0.5) is 16.2 Å². The Kier molecular flexibility index (Phi) is 5.93. The summed E-state index contributed by atoms with van der Waals surface area (Å²) in [5.41, 5.74) is 6.78. The fourth-order valence-electron chi connectivity index (χ4n) is 1.63. The summed E-state index contributed by atoms with van der Waals surface area (Å²) in [6.45, 7) is 3.16. The van der Waals surface area contributed by atoms with Gasteiger partial charge in [0.1, 0.15) is 0 Å². The lowest BCUT2D eigenvalue weighted by Gasteiger charge is -2.08. The number of primary amides is 1. The maximum Gasteiger partial charge on any atom is 0.316 e. The van der Waals surface area contributed by atoms with E-state index < -0.39 is 6.03 Å². The predicted octanol–water partition coefficient (Wildman–Crippen LogP) is 3.17. The highest BCUT2D eigenvalue weighted by atomic mass is 16.2. The van der Waals surface area contributed by atoms with Gasteiger partial charge < -0.3 is 16.4 Å². The van der Waals surface area contributed by atoms with Crippen LogP contribution in [0.3, 0.4) is 0 Å². The first-order chi connectivity index (χ1) is 8.22. The van der Waals surface area contributed by atoms with Crippen molar-refractivity contribution in [1.29, 1.82) is 0 Å². The van der Waals surface area contributed by atoms with E-state index >= 15 is 0 Å². The maximum absolute atomic E-state index is 10.7. The first-order valence-corrected chi connectivity index (χ1v) is 6.12. The van der Waals surface area contributed by atoms with Gasteiger partial charge >= 0.3 is 6.03 Å². The quantitative estimate of drug-likeness (QED) is 0.635. The SMILES string of the molecule is CCCCCCNc1cccc(NC(N)=O)c1. The van der Waals surface area contributed by atoms with Crippen LogP contribution >= 0.6 is 0 Å². The van der Waals surface area contributed by atoms with Gasteiger partial charge in [-0.05, 0) is 24.6 Å². The second-order valence-corrected chi connectivity index (χ2v) is 4.06. The Morgan fingerprint density at radius 3 is 2.71 bits per heavy atom. The van der Waals surface area contributed by atoms with Crippen LogP contribution in [-0.4, -0.2) is 12.6 Å². The number of rotatable bonds is 7. The van der Waals surface area contributed by atoms with E-state index in [1.807, 2.05) is 24.3 Å². The van der Waals surface area contributed by atoms with Gasteiger partial charge in [0, 0.05) is 17.9 Å². The molecule has 0 bridgehead atoms. The van der Waals surface area contributed by atoms with E-state index in [1.165, 1.54) is 25.7 Å². The third-order valence-corrected chi connectivity index (χ3v) is 2.49. The van der Waals surface area contributed by atoms with Crippen molar-refractivity contribution in [2.45, 2.75) is 32.6 Å². The van der Waals surface area contributed by atoms with Crippen molar-refractivity contribution in [3.63, 3.8) is 0 Å². The summed E-state index contributed by atoms with van der Waals surface area (Å²) in [4.78, 5) is 10.7. The molecule has 0 unspecified atom stereocenters. The number of hydrogen-bond acceptors (Lipinski definition) is 2. The van der Waals surface area contributed by atoms with Crippen LogP contribution in [0.5, 0.6) is 0 Å². The summed E-state index contributed by atoms with van der Waals surface area (Å²) in [5, 5.41) is 5.88. The normalized spacial score (nSPS) is 9.94. The summed E-state index contributed by atoms with van der Waals surface area (Å²) in [7, 11) is 0. The summed E-state index contributed by atoms with van der Waals surface area (Å²) in [5.74, 6) is 0. The summed E-state index contributed by atoms with van der Waals surface area (Å²) < 4.78 is 0. The number of carbonyl (C=O) groups excluding carboxylic acids is 1. The van der Waals surface area contributed by atoms with Crippen LogP contribution in [0.15, 0.2) is 24.3 Å². The minimum Gasteiger partial charge on any atom is -0.385 e. The number of anilines is 2. The van der Waals surface area contributed by atoms with Gasteiger partial charge in [0.15, 0.2) is 0 Å². The molecular weight excluding hydrogens is 214 g/mol. The molecule has 1 aromatic rings. The van der Waals surface area contributed by atoms with Crippen molar-refractivity contribution in [3.05, 3.63) is 24.3 Å². The molecule has 0 aliphatic rings. The number of amides is 2. The van der Waals surface area contributed by atoms with Crippen molar-refractivity contribution in [2.24, 2.45) is 5.73 Å². The van der Waals surface area contributed by atoms with E-state index in [-0.39, 0.29) is 0 Å². The van der Waals surface area contributed by atoms with Crippen molar-refractivity contribution < 1.29 is 4.79 Å². The van der Waals surface area contributed by atoms with E-state index in [0.717, 1.165) is 17.9 Å². The fraction of sp³-hybridized carbons (Fsp3) is 0.462. The summed E-state index contributed by atoms with van der Waals surface area (Å²) in [6.07, 6.45) is 4.95. The van der Waals surface area contributed by atoms with E-state index in [4.69, 9.17) is 5.73 Å². The van der Waals surface area contributed by atoms with Gasteiger partial charge in [-0.3, -0.25) is 0 Å². The Hall–Kier alpha value is -1.71. The molecule has 0 aliphatic carbocycles. The fourth-order valence-corrected chi connectivity index (χ4v) is 1.63. The van der Waals surface area contributed by atoms with Gasteiger partial charge in [-0.15, -0.1) is 0 Å². The zero-order chi connectivity index (χ0) is 12.5. The van der Waals surface area contributed by atoms with Crippen LogP contribution in [0, 0.1) is 0 Å². The molecule has 1 rings (SSSR count). The molecule has 4 heteroatoms. The van der Waals surface area contributed by atoms with Crippen LogP contribution in [0.25, 0.3) is 0 Å². The predicted molar refractivity (Wildman–Crippen MR) is 72.3 cm³/mol. The molecule has 0 radical (unpaired) electrons. The topological polar surface area (TPSA) is 67.2 Å². The third-order valence-electron chi connectivity index (χ3n) is 2.49. The molecule has 1 aromatic carbocycles. The van der Waals surface area contributed by atoms with E-state index in [1.54, 1.807) is 0 Å². The number of benzene rings is 1. The van der Waals surface area contributed by atoms with Crippen molar-refractivity contribution in [2.75, 3.05) is 17.2 Å². The molecular formula is C13H21N3O. The molecule has 0 saturated heterocycles. The van der Waals surface area contributed by atoms with Gasteiger partial charge in [0.2, 0.25) is 0 Å². The first-order valence-electron chi connectivity index (χ1n) is 6.12. The molecule has 0 aromatic heterocycles. The Morgan fingerprint density at radius 2 is 2.00 bits per heavy atom. The zero-order valence-electron chi connectivity index (χ0n) is 10.3. The van der Waals surface area contributed by atoms with Crippen molar-refractivity contribution >= 4 is 17.4 Å². The Labute approximate surface area is 103 Å². The molecule has 0 atom stereocenters. The van der Waals surface area contributed by atoms with Gasteiger partial charge in [-0.1, -0.05) is 32.3 Å². The monoisotopic (exact) mass is 235 g/mol. The van der Waals surface area contributed by atoms with E-state index in [9.17, 15) is 4.79 Å². The standard InChI is InChI=1S/C13H21N3O/c1-2-3-4-5-9-15-11-7-6-8-12(10-11)16-13(14)17/h6-8,10,15H,2-5,9H2,1H3,(H3,14,16,17). The Morgan fingerprint density at radius 1 is 1.24 bits per heavy atom. The molecule has 0 heterocycles. The summed E-state index contributed by atoms with van der Waals surface area (Å²) >= 11 is 0. The molecule has 94 valence electrons. The smallest absolute Gasteiger partial charge is 0.316 e. The highest BCUT2D eigenvalue weighted by molar-refractivity contribution is 5.88.